The van der Waals surface area contributed by atoms with Crippen LogP contribution in [0.2, 0.25) is 0 Å². The van der Waals surface area contributed by atoms with Gasteiger partial charge in [-0.1, -0.05) is 20.3 Å². The van der Waals surface area contributed by atoms with E-state index in [1.165, 1.54) is 58.3 Å². The Morgan fingerprint density at radius 3 is 1.83 bits per heavy atom. The Balaban J connectivity index is 0. The highest BCUT2D eigenvalue weighted by molar-refractivity contribution is 4.79. The van der Waals surface area contributed by atoms with Crippen LogP contribution in [0.15, 0.2) is 0 Å². The molecule has 4 heteroatoms. The van der Waals surface area contributed by atoms with Gasteiger partial charge in [-0.05, 0) is 51.9 Å². The Kier molecular flexibility index (Phi) is 16.7. The van der Waals surface area contributed by atoms with E-state index in [0.29, 0.717) is 0 Å². The molecule has 4 nitrogen and oxygen atoms in total. The molecule has 0 spiro atoms. The van der Waals surface area contributed by atoms with Crippen molar-refractivity contribution in [2.75, 3.05) is 40.4 Å². The summed E-state index contributed by atoms with van der Waals surface area (Å²) in [6.07, 6.45) is 7.08. The van der Waals surface area contributed by atoms with Crippen LogP contribution in [0.1, 0.15) is 46.0 Å². The first-order valence-electron chi connectivity index (χ1n) is 7.23. The second-order valence-corrected chi connectivity index (χ2v) is 4.49. The molecular formula is C14H34N2O2. The van der Waals surface area contributed by atoms with Gasteiger partial charge in [0.25, 0.3) is 0 Å². The Morgan fingerprint density at radius 1 is 0.944 bits per heavy atom. The van der Waals surface area contributed by atoms with Crippen LogP contribution in [-0.4, -0.2) is 56.8 Å². The molecule has 18 heavy (non-hydrogen) atoms. The lowest BCUT2D eigenvalue weighted by Crippen LogP contribution is -2.45. The summed E-state index contributed by atoms with van der Waals surface area (Å²) in [5, 5.41) is 3.43. The third-order valence-corrected chi connectivity index (χ3v) is 3.22. The average Bonchev–Trinajstić information content (AvgIpc) is 2.44. The van der Waals surface area contributed by atoms with Gasteiger partial charge in [0.05, 0.1) is 0 Å². The van der Waals surface area contributed by atoms with E-state index >= 15 is 0 Å². The molecule has 2 fully saturated rings. The zero-order valence-corrected chi connectivity index (χ0v) is 12.8. The highest BCUT2D eigenvalue weighted by Crippen LogP contribution is 2.17. The maximum atomic E-state index is 4.25. The maximum Gasteiger partial charge on any atom is 0.0351 e. The van der Waals surface area contributed by atoms with Gasteiger partial charge in [0.1, 0.15) is 0 Å². The predicted molar refractivity (Wildman–Crippen MR) is 79.2 cm³/mol. The second-order valence-electron chi connectivity index (χ2n) is 4.49. The topological polar surface area (TPSA) is 56.0 Å². The van der Waals surface area contributed by atoms with Gasteiger partial charge in [-0.3, -0.25) is 0 Å². The number of methoxy groups -OCH3 is 1. The number of ether oxygens (including phenoxy) is 1. The van der Waals surface area contributed by atoms with Crippen molar-refractivity contribution in [1.82, 2.24) is 10.2 Å². The fourth-order valence-corrected chi connectivity index (χ4v) is 2.46. The van der Waals surface area contributed by atoms with Crippen LogP contribution in [0.5, 0.6) is 0 Å². The summed E-state index contributed by atoms with van der Waals surface area (Å²) in [5.41, 5.74) is 0. The Labute approximate surface area is 113 Å². The third kappa shape index (κ3) is 8.86. The average molecular weight is 262 g/mol. The predicted octanol–water partition coefficient (Wildman–Crippen LogP) is 1.69. The van der Waals surface area contributed by atoms with Crippen LogP contribution in [0.25, 0.3) is 0 Å². The van der Waals surface area contributed by atoms with Crippen molar-refractivity contribution in [2.45, 2.75) is 52.0 Å². The number of nitrogens with zero attached hydrogens (tertiary/aromatic N) is 1. The van der Waals surface area contributed by atoms with Gasteiger partial charge in [0.2, 0.25) is 0 Å². The van der Waals surface area contributed by atoms with Crippen LogP contribution in [0.4, 0.5) is 0 Å². The standard InChI is InChI=1S/C10H20N2.C2H6O.C2H6.H2O/c1-2-8-12(9-3-1)10-4-6-11-7-5-10;1-3-2;1-2;/h10-11H,1-9H2;1-2H3;1-2H3;1H2. The van der Waals surface area contributed by atoms with Crippen LogP contribution in [0, 0.1) is 0 Å². The van der Waals surface area contributed by atoms with Crippen LogP contribution in [0.3, 0.4) is 0 Å². The lowest BCUT2D eigenvalue weighted by Gasteiger charge is -2.36. The normalized spacial score (nSPS) is 20.7. The first-order valence-corrected chi connectivity index (χ1v) is 7.23. The van der Waals surface area contributed by atoms with Crippen molar-refractivity contribution in [2.24, 2.45) is 0 Å². The summed E-state index contributed by atoms with van der Waals surface area (Å²) >= 11 is 0. The van der Waals surface area contributed by atoms with Gasteiger partial charge in [0, 0.05) is 20.3 Å². The second kappa shape index (κ2) is 14.9. The van der Waals surface area contributed by atoms with E-state index in [1.807, 2.05) is 13.8 Å². The van der Waals surface area contributed by atoms with Gasteiger partial charge >= 0.3 is 0 Å². The number of piperidine rings is 2. The number of nitrogens with one attached hydrogen (secondary N) is 1. The van der Waals surface area contributed by atoms with Crippen molar-refractivity contribution in [3.05, 3.63) is 0 Å². The lowest BCUT2D eigenvalue weighted by atomic mass is 10.0. The summed E-state index contributed by atoms with van der Waals surface area (Å²) in [5.74, 6) is 0. The van der Waals surface area contributed by atoms with E-state index in [4.69, 9.17) is 0 Å². The monoisotopic (exact) mass is 262 g/mol. The fraction of sp³-hybridized carbons (Fsp3) is 1.00. The van der Waals surface area contributed by atoms with E-state index in [0.717, 1.165) is 6.04 Å². The minimum absolute atomic E-state index is 0. The molecule has 2 rings (SSSR count). The molecule has 2 saturated heterocycles. The highest BCUT2D eigenvalue weighted by Gasteiger charge is 2.21. The van der Waals surface area contributed by atoms with E-state index in [2.05, 4.69) is 15.0 Å². The number of hydrogen-bond acceptors (Lipinski definition) is 3. The zero-order chi connectivity index (χ0) is 12.9. The molecule has 0 saturated carbocycles. The van der Waals surface area contributed by atoms with Crippen LogP contribution >= 0.6 is 0 Å². The van der Waals surface area contributed by atoms with Crippen LogP contribution in [-0.2, 0) is 4.74 Å². The van der Waals surface area contributed by atoms with E-state index in [-0.39, 0.29) is 5.48 Å². The fourth-order valence-electron chi connectivity index (χ4n) is 2.46. The third-order valence-electron chi connectivity index (χ3n) is 3.22. The molecular weight excluding hydrogens is 228 g/mol. The molecule has 0 unspecified atom stereocenters. The van der Waals surface area contributed by atoms with E-state index in [1.54, 1.807) is 14.2 Å². The minimum atomic E-state index is 0. The molecule has 0 aromatic carbocycles. The molecule has 0 aromatic heterocycles. The van der Waals surface area contributed by atoms with Gasteiger partial charge in [-0.15, -0.1) is 0 Å². The number of rotatable bonds is 1. The molecule has 0 amide bonds. The summed E-state index contributed by atoms with van der Waals surface area (Å²) in [6, 6.07) is 0.909. The van der Waals surface area contributed by atoms with E-state index in [9.17, 15) is 0 Å². The lowest BCUT2D eigenvalue weighted by molar-refractivity contribution is 0.136. The molecule has 0 aliphatic carbocycles. The summed E-state index contributed by atoms with van der Waals surface area (Å²) in [7, 11) is 3.25. The zero-order valence-electron chi connectivity index (χ0n) is 12.8. The first-order chi connectivity index (χ1) is 8.38. The van der Waals surface area contributed by atoms with Crippen molar-refractivity contribution < 1.29 is 10.2 Å². The Morgan fingerprint density at radius 2 is 1.39 bits per heavy atom. The quantitative estimate of drug-likeness (QED) is 0.782. The van der Waals surface area contributed by atoms with Crippen molar-refractivity contribution in [3.8, 4) is 0 Å². The molecule has 2 aliphatic heterocycles. The molecule has 2 heterocycles. The molecule has 3 N–H and O–H groups in total. The minimum Gasteiger partial charge on any atom is -0.412 e. The van der Waals surface area contributed by atoms with Gasteiger partial charge in [0.15, 0.2) is 0 Å². The smallest absolute Gasteiger partial charge is 0.0351 e. The number of likely N-dealkylation sites (tertiary alicyclic amines) is 1. The highest BCUT2D eigenvalue weighted by atomic mass is 16.4. The molecule has 2 aliphatic rings. The van der Waals surface area contributed by atoms with Gasteiger partial charge in [-0.2, -0.15) is 0 Å². The summed E-state index contributed by atoms with van der Waals surface area (Å²) in [4.78, 5) is 2.71. The molecule has 0 aromatic rings. The molecule has 0 bridgehead atoms. The Hall–Kier alpha value is -0.160. The van der Waals surface area contributed by atoms with Crippen molar-refractivity contribution in [1.29, 1.82) is 0 Å². The largest absolute Gasteiger partial charge is 0.412 e. The van der Waals surface area contributed by atoms with Crippen molar-refractivity contribution in [3.63, 3.8) is 0 Å². The molecule has 0 radical (unpaired) electrons. The Bertz CT molecular complexity index is 129. The maximum absolute atomic E-state index is 4.25. The summed E-state index contributed by atoms with van der Waals surface area (Å²) in [6.45, 7) is 9.21. The van der Waals surface area contributed by atoms with E-state index < -0.39 is 0 Å². The first kappa shape index (κ1) is 20.2. The summed E-state index contributed by atoms with van der Waals surface area (Å²) < 4.78 is 4.25. The van der Waals surface area contributed by atoms with Crippen molar-refractivity contribution >= 4 is 0 Å². The molecule has 0 atom stereocenters. The number of hydrogen-bond donors (Lipinski definition) is 1. The van der Waals surface area contributed by atoms with Gasteiger partial charge < -0.3 is 20.4 Å². The SMILES string of the molecule is C1CCN(C2CCNCC2)CC1.CC.COC.O. The van der Waals surface area contributed by atoms with Gasteiger partial charge in [-0.25, -0.2) is 0 Å². The molecule has 112 valence electrons. The van der Waals surface area contributed by atoms with Crippen LogP contribution < -0.4 is 5.32 Å².